The van der Waals surface area contributed by atoms with Gasteiger partial charge in [0.15, 0.2) is 12.5 Å². The summed E-state index contributed by atoms with van der Waals surface area (Å²) < 4.78 is 62.2. The number of aliphatic hydroxyl groups excluding tert-OH is 2. The van der Waals surface area contributed by atoms with Gasteiger partial charge in [0.05, 0.1) is 47.9 Å². The van der Waals surface area contributed by atoms with Gasteiger partial charge in [-0.3, -0.25) is 18.1 Å². The minimum atomic E-state index is -4.94. The molecule has 0 radical (unpaired) electrons. The molecule has 3 fully saturated rings. The van der Waals surface area contributed by atoms with Gasteiger partial charge in [0.1, 0.15) is 36.6 Å². The summed E-state index contributed by atoms with van der Waals surface area (Å²) in [6.07, 6.45) is -8.32. The Labute approximate surface area is 237 Å². The first-order valence-corrected chi connectivity index (χ1v) is 15.9. The van der Waals surface area contributed by atoms with Crippen LogP contribution >= 0.6 is 15.6 Å². The zero-order valence-corrected chi connectivity index (χ0v) is 23.3. The number of para-hydroxylation sites is 4. The van der Waals surface area contributed by atoms with Crippen LogP contribution in [0.4, 0.5) is 0 Å². The number of aromatic nitrogens is 4. The lowest BCUT2D eigenvalue weighted by Gasteiger charge is -2.26. The van der Waals surface area contributed by atoms with Crippen LogP contribution in [0, 0.1) is 0 Å². The van der Waals surface area contributed by atoms with Crippen LogP contribution in [0.15, 0.2) is 61.2 Å². The standard InChI is InChI=1S/C24H26N4O12P2/c29-19-17-9-35-41(31,32)39-21-18(38-23(20(21)30)27-11-25-13-5-1-3-7-15(13)27)10-36-42(33,34)40-22(19)24(37-17)28-12-26-14-6-2-4-8-16(14)28/h1-8,11-12,17-24,29-30H,9-10H2,(H,31,32)(H,33,34). The average Bonchev–Trinajstić information content (AvgIpc) is 3.72. The molecule has 0 amide bonds. The molecule has 3 saturated heterocycles. The molecule has 7 rings (SSSR count). The van der Waals surface area contributed by atoms with Gasteiger partial charge >= 0.3 is 15.6 Å². The van der Waals surface area contributed by atoms with E-state index in [4.69, 9.17) is 27.6 Å². The molecule has 0 saturated carbocycles. The molecule has 3 aliphatic heterocycles. The summed E-state index contributed by atoms with van der Waals surface area (Å²) >= 11 is 0. The molecule has 5 heterocycles. The van der Waals surface area contributed by atoms with Gasteiger partial charge in [0.2, 0.25) is 0 Å². The smallest absolute Gasteiger partial charge is 0.387 e. The second-order valence-corrected chi connectivity index (χ2v) is 12.9. The zero-order valence-electron chi connectivity index (χ0n) is 21.5. The third-order valence-electron chi connectivity index (χ3n) is 7.45. The Balaban J connectivity index is 1.20. The molecule has 2 bridgehead atoms. The Morgan fingerprint density at radius 1 is 0.690 bits per heavy atom. The number of aliphatic hydroxyl groups is 2. The maximum Gasteiger partial charge on any atom is 0.472 e. The zero-order chi connectivity index (χ0) is 29.2. The number of phosphoric acid groups is 2. The summed E-state index contributed by atoms with van der Waals surface area (Å²) in [5, 5.41) is 22.1. The molecule has 42 heavy (non-hydrogen) atoms. The fraction of sp³-hybridized carbons (Fsp3) is 0.417. The lowest BCUT2D eigenvalue weighted by Crippen LogP contribution is -2.36. The molecular weight excluding hydrogens is 598 g/mol. The van der Waals surface area contributed by atoms with Gasteiger partial charge in [-0.15, -0.1) is 0 Å². The number of benzene rings is 2. The summed E-state index contributed by atoms with van der Waals surface area (Å²) in [5.41, 5.74) is 2.36. The van der Waals surface area contributed by atoms with Crippen molar-refractivity contribution in [1.29, 1.82) is 0 Å². The van der Waals surface area contributed by atoms with E-state index in [2.05, 4.69) is 9.97 Å². The second kappa shape index (κ2) is 10.6. The SMILES string of the molecule is O=P1(O)OCC2OC(n3cnc4ccccc43)C(OP(=O)(O)OCC3OC(n4cnc5ccccc54)C(O)C3O1)C2O. The van der Waals surface area contributed by atoms with Crippen molar-refractivity contribution in [2.24, 2.45) is 0 Å². The van der Waals surface area contributed by atoms with Crippen LogP contribution < -0.4 is 0 Å². The van der Waals surface area contributed by atoms with Crippen molar-refractivity contribution in [3.8, 4) is 0 Å². The van der Waals surface area contributed by atoms with E-state index < -0.39 is 77.9 Å². The Morgan fingerprint density at radius 2 is 1.19 bits per heavy atom. The fourth-order valence-corrected chi connectivity index (χ4v) is 7.37. The van der Waals surface area contributed by atoms with E-state index in [0.717, 1.165) is 0 Å². The van der Waals surface area contributed by atoms with E-state index in [1.54, 1.807) is 48.5 Å². The number of ether oxygens (including phenoxy) is 2. The number of rotatable bonds is 2. The Hall–Kier alpha value is -2.56. The number of hydrogen-bond acceptors (Lipinski definition) is 12. The number of phosphoric ester groups is 2. The van der Waals surface area contributed by atoms with Gasteiger partial charge in [0, 0.05) is 0 Å². The highest BCUT2D eigenvalue weighted by atomic mass is 31.2. The molecule has 2 aromatic heterocycles. The first kappa shape index (κ1) is 28.2. The Bertz CT molecular complexity index is 1710. The maximum absolute atomic E-state index is 13.2. The van der Waals surface area contributed by atoms with Gasteiger partial charge in [0.25, 0.3) is 0 Å². The molecule has 3 aliphatic rings. The predicted octanol–water partition coefficient (Wildman–Crippen LogP) is 1.62. The van der Waals surface area contributed by atoms with E-state index in [9.17, 15) is 29.1 Å². The number of imidazole rings is 2. The van der Waals surface area contributed by atoms with Crippen molar-refractivity contribution in [2.45, 2.75) is 49.1 Å². The Kier molecular flexibility index (Phi) is 7.09. The number of nitrogens with zero attached hydrogens (tertiary/aromatic N) is 4. The molecule has 16 nitrogen and oxygen atoms in total. The number of hydrogen-bond donors (Lipinski definition) is 4. The highest BCUT2D eigenvalue weighted by Gasteiger charge is 2.53. The highest BCUT2D eigenvalue weighted by Crippen LogP contribution is 2.53. The summed E-state index contributed by atoms with van der Waals surface area (Å²) in [6, 6.07) is 14.0. The molecular formula is C24H26N4O12P2. The fourth-order valence-electron chi connectivity index (χ4n) is 5.47. The Morgan fingerprint density at radius 3 is 1.81 bits per heavy atom. The summed E-state index contributed by atoms with van der Waals surface area (Å²) in [7, 11) is -9.86. The van der Waals surface area contributed by atoms with Gasteiger partial charge in [-0.1, -0.05) is 24.3 Å². The van der Waals surface area contributed by atoms with Crippen LogP contribution in [0.5, 0.6) is 0 Å². The van der Waals surface area contributed by atoms with E-state index in [1.807, 2.05) is 0 Å². The van der Waals surface area contributed by atoms with Gasteiger partial charge in [-0.05, 0) is 24.3 Å². The molecule has 10 unspecified atom stereocenters. The topological polar surface area (TPSA) is 206 Å². The van der Waals surface area contributed by atoms with Crippen molar-refractivity contribution in [3.05, 3.63) is 61.2 Å². The van der Waals surface area contributed by atoms with Crippen molar-refractivity contribution in [3.63, 3.8) is 0 Å². The minimum Gasteiger partial charge on any atom is -0.387 e. The van der Waals surface area contributed by atoms with E-state index in [-0.39, 0.29) is 0 Å². The molecule has 0 aliphatic carbocycles. The van der Waals surface area contributed by atoms with Crippen molar-refractivity contribution in [1.82, 2.24) is 19.1 Å². The summed E-state index contributed by atoms with van der Waals surface area (Å²) in [4.78, 5) is 29.8. The van der Waals surface area contributed by atoms with Crippen molar-refractivity contribution in [2.75, 3.05) is 13.2 Å². The van der Waals surface area contributed by atoms with Crippen LogP contribution in [0.1, 0.15) is 12.5 Å². The predicted molar refractivity (Wildman–Crippen MR) is 141 cm³/mol. The lowest BCUT2D eigenvalue weighted by atomic mass is 10.1. The van der Waals surface area contributed by atoms with Crippen LogP contribution in [0.25, 0.3) is 22.1 Å². The third-order valence-corrected chi connectivity index (χ3v) is 9.42. The van der Waals surface area contributed by atoms with E-state index in [1.165, 1.54) is 21.8 Å². The quantitative estimate of drug-likeness (QED) is 0.234. The van der Waals surface area contributed by atoms with Crippen molar-refractivity contribution < 1.29 is 56.7 Å². The molecule has 10 atom stereocenters. The summed E-state index contributed by atoms with van der Waals surface area (Å²) in [5.74, 6) is 0. The van der Waals surface area contributed by atoms with E-state index >= 15 is 0 Å². The first-order chi connectivity index (χ1) is 20.1. The van der Waals surface area contributed by atoms with Crippen LogP contribution in [0.3, 0.4) is 0 Å². The molecule has 0 spiro atoms. The van der Waals surface area contributed by atoms with Gasteiger partial charge < -0.3 is 38.6 Å². The third kappa shape index (κ3) is 5.03. The minimum absolute atomic E-state index is 0.574. The molecule has 4 N–H and O–H groups in total. The molecule has 2 aromatic carbocycles. The lowest BCUT2D eigenvalue weighted by molar-refractivity contribution is -0.0670. The largest absolute Gasteiger partial charge is 0.472 e. The van der Waals surface area contributed by atoms with Crippen LogP contribution in [-0.2, 0) is 36.7 Å². The monoisotopic (exact) mass is 624 g/mol. The maximum atomic E-state index is 13.2. The highest BCUT2D eigenvalue weighted by molar-refractivity contribution is 7.47. The van der Waals surface area contributed by atoms with E-state index in [0.29, 0.717) is 22.1 Å². The van der Waals surface area contributed by atoms with Gasteiger partial charge in [-0.2, -0.15) is 0 Å². The van der Waals surface area contributed by atoms with Crippen LogP contribution in [-0.4, -0.2) is 88.9 Å². The number of fused-ring (bicyclic) bond motifs is 5. The summed E-state index contributed by atoms with van der Waals surface area (Å²) in [6.45, 7) is -1.37. The van der Waals surface area contributed by atoms with Crippen molar-refractivity contribution >= 4 is 37.7 Å². The molecule has 224 valence electrons. The molecule has 18 heteroatoms. The molecule has 4 aromatic rings. The normalized spacial score (nSPS) is 39.5. The van der Waals surface area contributed by atoms with Gasteiger partial charge in [-0.25, -0.2) is 19.1 Å². The average molecular weight is 624 g/mol. The second-order valence-electron chi connectivity index (χ2n) is 10.1. The first-order valence-electron chi connectivity index (χ1n) is 12.9. The van der Waals surface area contributed by atoms with Crippen LogP contribution in [0.2, 0.25) is 0 Å².